The summed E-state index contributed by atoms with van der Waals surface area (Å²) in [6.45, 7) is 1.94. The molecule has 0 radical (unpaired) electrons. The number of benzene rings is 2. The van der Waals surface area contributed by atoms with Gasteiger partial charge in [0.2, 0.25) is 0 Å². The van der Waals surface area contributed by atoms with E-state index < -0.39 is 17.5 Å². The number of hydrogen-bond donors (Lipinski definition) is 3. The number of rotatable bonds is 5. The van der Waals surface area contributed by atoms with Crippen molar-refractivity contribution in [3.05, 3.63) is 104 Å². The summed E-state index contributed by atoms with van der Waals surface area (Å²) in [7, 11) is 0. The lowest BCUT2D eigenvalue weighted by atomic mass is 10.2. The number of carboxylic acid groups (broad SMARTS) is 1. The van der Waals surface area contributed by atoms with Gasteiger partial charge in [-0.2, -0.15) is 19.6 Å². The molecule has 0 saturated carbocycles. The van der Waals surface area contributed by atoms with Crippen LogP contribution in [0.25, 0.3) is 32.9 Å². The van der Waals surface area contributed by atoms with Crippen LogP contribution in [-0.4, -0.2) is 43.2 Å². The number of hydrogen-bond acceptors (Lipinski definition) is 11. The Hall–Kier alpha value is -5.34. The maximum Gasteiger partial charge on any atom is 0.359 e. The molecule has 0 unspecified atom stereocenters. The van der Waals surface area contributed by atoms with Crippen LogP contribution in [0.3, 0.4) is 0 Å². The summed E-state index contributed by atoms with van der Waals surface area (Å²) < 4.78 is 7.27. The summed E-state index contributed by atoms with van der Waals surface area (Å²) >= 11 is 2.33. The third-order valence-corrected chi connectivity index (χ3v) is 7.66. The first-order valence-electron chi connectivity index (χ1n) is 12.3. The molecule has 0 aliphatic heterocycles. The molecule has 0 atom stereocenters. The number of esters is 1. The summed E-state index contributed by atoms with van der Waals surface area (Å²) in [6.07, 6.45) is 0. The van der Waals surface area contributed by atoms with Crippen molar-refractivity contribution < 1.29 is 19.4 Å². The number of ether oxygens (including phenoxy) is 1. The smallest absolute Gasteiger partial charge is 0.359 e. The van der Waals surface area contributed by atoms with Crippen LogP contribution in [0.5, 0.6) is 0 Å². The number of nitrogens with two attached hydrogens (primary N) is 2. The maximum atomic E-state index is 12.6. The Morgan fingerprint density at radius 2 is 1.21 bits per heavy atom. The van der Waals surface area contributed by atoms with Crippen molar-refractivity contribution in [3.8, 4) is 11.4 Å². The number of para-hydroxylation sites is 2. The van der Waals surface area contributed by atoms with E-state index in [-0.39, 0.29) is 34.3 Å². The molecule has 0 saturated heterocycles. The Balaban J connectivity index is 0.000000169. The van der Waals surface area contributed by atoms with E-state index in [4.69, 9.17) is 16.2 Å². The van der Waals surface area contributed by atoms with Gasteiger partial charge in [-0.05, 0) is 31.2 Å². The molecule has 4 heterocycles. The summed E-state index contributed by atoms with van der Waals surface area (Å²) in [5, 5.41) is 22.4. The number of carbonyl (C=O) groups is 2. The molecular formula is C28H22N6O6S2. The van der Waals surface area contributed by atoms with Gasteiger partial charge in [-0.15, -0.1) is 22.7 Å². The van der Waals surface area contributed by atoms with Gasteiger partial charge in [-0.25, -0.2) is 9.59 Å². The summed E-state index contributed by atoms with van der Waals surface area (Å²) in [5.41, 5.74) is 11.9. The maximum absolute atomic E-state index is 12.6. The molecule has 212 valence electrons. The predicted octanol–water partition coefficient (Wildman–Crippen LogP) is 3.93. The van der Waals surface area contributed by atoms with Gasteiger partial charge in [0.15, 0.2) is 11.4 Å². The second-order valence-corrected chi connectivity index (χ2v) is 10.4. The minimum absolute atomic E-state index is 0.0910. The lowest BCUT2D eigenvalue weighted by Crippen LogP contribution is -2.25. The summed E-state index contributed by atoms with van der Waals surface area (Å²) in [4.78, 5) is 48.5. The van der Waals surface area contributed by atoms with Crippen LogP contribution in [0.2, 0.25) is 0 Å². The van der Waals surface area contributed by atoms with Crippen molar-refractivity contribution in [2.24, 2.45) is 0 Å². The first-order chi connectivity index (χ1) is 20.2. The van der Waals surface area contributed by atoms with Crippen LogP contribution >= 0.6 is 22.7 Å². The predicted molar refractivity (Wildman–Crippen MR) is 162 cm³/mol. The standard InChI is InChI=1S/C15H13N3O3S.C13H9N3O3S/c1-2-21-15(20)12-10-8-22-13(16)11(10)14(19)18(17-12)9-6-4-3-5-7-9;14-11-9-8(6-20-11)10(13(18)19)15-16(12(9)17)7-4-2-1-3-5-7/h3-8H,2,16H2,1H3;1-6H,14H2,(H,18,19). The van der Waals surface area contributed by atoms with Crippen molar-refractivity contribution in [2.45, 2.75) is 6.92 Å². The van der Waals surface area contributed by atoms with Crippen molar-refractivity contribution in [1.82, 2.24) is 19.6 Å². The topological polar surface area (TPSA) is 185 Å². The van der Waals surface area contributed by atoms with Gasteiger partial charge in [-0.3, -0.25) is 9.59 Å². The fourth-order valence-corrected chi connectivity index (χ4v) is 5.72. The molecule has 4 aromatic heterocycles. The molecule has 0 aliphatic carbocycles. The second kappa shape index (κ2) is 11.6. The third-order valence-electron chi connectivity index (χ3n) is 6.03. The minimum atomic E-state index is -1.20. The first-order valence-corrected chi connectivity index (χ1v) is 14.1. The molecular weight excluding hydrogens is 580 g/mol. The second-order valence-electron chi connectivity index (χ2n) is 8.61. The largest absolute Gasteiger partial charge is 0.476 e. The molecule has 0 bridgehead atoms. The van der Waals surface area contributed by atoms with E-state index in [1.807, 2.05) is 6.07 Å². The molecule has 0 spiro atoms. The Kier molecular flexibility index (Phi) is 7.82. The van der Waals surface area contributed by atoms with Gasteiger partial charge in [-0.1, -0.05) is 36.4 Å². The molecule has 0 fully saturated rings. The number of anilines is 2. The Morgan fingerprint density at radius 1 is 0.786 bits per heavy atom. The summed E-state index contributed by atoms with van der Waals surface area (Å²) in [6, 6.07) is 17.5. The van der Waals surface area contributed by atoms with E-state index >= 15 is 0 Å². The van der Waals surface area contributed by atoms with Gasteiger partial charge in [0, 0.05) is 21.5 Å². The monoisotopic (exact) mass is 602 g/mol. The van der Waals surface area contributed by atoms with Gasteiger partial charge < -0.3 is 21.3 Å². The van der Waals surface area contributed by atoms with E-state index in [0.717, 1.165) is 16.0 Å². The molecule has 14 heteroatoms. The van der Waals surface area contributed by atoms with Gasteiger partial charge in [0.25, 0.3) is 11.1 Å². The average Bonchev–Trinajstić information content (AvgIpc) is 3.58. The highest BCUT2D eigenvalue weighted by atomic mass is 32.1. The highest BCUT2D eigenvalue weighted by Gasteiger charge is 2.22. The third kappa shape index (κ3) is 5.11. The van der Waals surface area contributed by atoms with Crippen LogP contribution < -0.4 is 22.6 Å². The molecule has 5 N–H and O–H groups in total. The number of nitrogens with zero attached hydrogens (tertiary/aromatic N) is 4. The SMILES string of the molecule is CCOC(=O)c1nn(-c2ccccc2)c(=O)c2c(N)scc12.Nc1scc2c(C(=O)O)nn(-c3ccccc3)c(=O)c12. The average molecular weight is 603 g/mol. The molecule has 2 aromatic carbocycles. The van der Waals surface area contributed by atoms with E-state index in [0.29, 0.717) is 32.1 Å². The molecule has 0 aliphatic rings. The number of carboxylic acids is 1. The number of carbonyl (C=O) groups excluding carboxylic acids is 1. The van der Waals surface area contributed by atoms with Gasteiger partial charge in [0.1, 0.15) is 0 Å². The van der Waals surface area contributed by atoms with Crippen LogP contribution in [0.4, 0.5) is 10.0 Å². The van der Waals surface area contributed by atoms with Crippen molar-refractivity contribution in [1.29, 1.82) is 0 Å². The fourth-order valence-electron chi connectivity index (χ4n) is 4.14. The number of nitrogen functional groups attached to an aromatic ring is 2. The Morgan fingerprint density at radius 3 is 1.64 bits per heavy atom. The highest BCUT2D eigenvalue weighted by Crippen LogP contribution is 2.28. The molecule has 0 amide bonds. The molecule has 42 heavy (non-hydrogen) atoms. The number of aromatic nitrogens is 4. The normalized spacial score (nSPS) is 10.8. The lowest BCUT2D eigenvalue weighted by Gasteiger charge is -2.08. The van der Waals surface area contributed by atoms with Gasteiger partial charge in [0.05, 0.1) is 38.8 Å². The Bertz CT molecular complexity index is 2070. The van der Waals surface area contributed by atoms with E-state index in [1.165, 1.54) is 21.4 Å². The fraction of sp³-hybridized carbons (Fsp3) is 0.0714. The molecule has 6 aromatic rings. The van der Waals surface area contributed by atoms with Crippen LogP contribution in [0, 0.1) is 0 Å². The number of thiophene rings is 2. The zero-order chi connectivity index (χ0) is 30.0. The van der Waals surface area contributed by atoms with Crippen molar-refractivity contribution in [2.75, 3.05) is 18.1 Å². The van der Waals surface area contributed by atoms with Crippen LogP contribution in [0.1, 0.15) is 27.9 Å². The van der Waals surface area contributed by atoms with Crippen LogP contribution in [0.15, 0.2) is 81.0 Å². The van der Waals surface area contributed by atoms with Crippen molar-refractivity contribution >= 4 is 66.2 Å². The molecule has 6 rings (SSSR count). The summed E-state index contributed by atoms with van der Waals surface area (Å²) in [5.74, 6) is -1.77. The van der Waals surface area contributed by atoms with E-state index in [9.17, 15) is 24.3 Å². The van der Waals surface area contributed by atoms with Crippen LogP contribution in [-0.2, 0) is 4.74 Å². The minimum Gasteiger partial charge on any atom is -0.476 e. The number of aromatic carboxylic acids is 1. The quantitative estimate of drug-likeness (QED) is 0.244. The van der Waals surface area contributed by atoms with Crippen molar-refractivity contribution in [3.63, 3.8) is 0 Å². The number of fused-ring (bicyclic) bond motifs is 2. The van der Waals surface area contributed by atoms with Gasteiger partial charge >= 0.3 is 11.9 Å². The van der Waals surface area contributed by atoms with E-state index in [2.05, 4.69) is 10.2 Å². The highest BCUT2D eigenvalue weighted by molar-refractivity contribution is 7.16. The zero-order valence-corrected chi connectivity index (χ0v) is 23.5. The molecule has 12 nitrogen and oxygen atoms in total. The zero-order valence-electron chi connectivity index (χ0n) is 21.9. The van der Waals surface area contributed by atoms with E-state index in [1.54, 1.807) is 66.9 Å². The lowest BCUT2D eigenvalue weighted by molar-refractivity contribution is 0.0519. The first kappa shape index (κ1) is 28.2. The Labute approximate surface area is 244 Å².